The summed E-state index contributed by atoms with van der Waals surface area (Å²) in [4.78, 5) is 41.3. The van der Waals surface area contributed by atoms with Crippen LogP contribution in [0.5, 0.6) is 5.75 Å². The molecule has 0 radical (unpaired) electrons. The van der Waals surface area contributed by atoms with Gasteiger partial charge in [-0.25, -0.2) is 4.90 Å². The molecule has 3 amide bonds. The van der Waals surface area contributed by atoms with E-state index in [0.29, 0.717) is 11.3 Å². The molecule has 3 rings (SSSR count). The molecule has 38 heavy (non-hydrogen) atoms. The normalized spacial score (nSPS) is 22.1. The van der Waals surface area contributed by atoms with E-state index in [2.05, 4.69) is 26.1 Å². The molecule has 0 aliphatic carbocycles. The number of fused-ring (bicyclic) bond motifs is 1. The molecule has 2 aliphatic heterocycles. The van der Waals surface area contributed by atoms with Crippen molar-refractivity contribution in [2.45, 2.75) is 123 Å². The van der Waals surface area contributed by atoms with Gasteiger partial charge in [-0.05, 0) is 51.0 Å². The Kier molecular flexibility index (Phi) is 10.2. The Morgan fingerprint density at radius 1 is 1.03 bits per heavy atom. The standard InChI is InChI=1S/C30H48N2O5Si/c1-8-11-18-38(19-12-9-2,20-13-10-3)37-22(5)25-26(31-27(25)33)21(4)28(34)32-29(35)23-16-14-15-17-24(23)36-30(32,6)7/h14-17,21-22,25-26H,8-13,18-20H2,1-7H3,(H,31,33)/t21-,22-,25-,26+/m1/s1. The number of rotatable bonds is 14. The van der Waals surface area contributed by atoms with Crippen LogP contribution in [0, 0.1) is 11.8 Å². The van der Waals surface area contributed by atoms with Crippen LogP contribution in [0.3, 0.4) is 0 Å². The quantitative estimate of drug-likeness (QED) is 0.220. The van der Waals surface area contributed by atoms with E-state index in [1.165, 1.54) is 4.90 Å². The summed E-state index contributed by atoms with van der Waals surface area (Å²) in [7, 11) is -2.04. The van der Waals surface area contributed by atoms with Gasteiger partial charge in [-0.15, -0.1) is 0 Å². The fraction of sp³-hybridized carbons (Fsp3) is 0.700. The van der Waals surface area contributed by atoms with Crippen molar-refractivity contribution in [1.29, 1.82) is 0 Å². The average molecular weight is 545 g/mol. The minimum absolute atomic E-state index is 0.0719. The number of carbonyl (C=O) groups excluding carboxylic acids is 3. The summed E-state index contributed by atoms with van der Waals surface area (Å²) < 4.78 is 13.1. The number of hydrogen-bond donors (Lipinski definition) is 1. The lowest BCUT2D eigenvalue weighted by atomic mass is 9.78. The molecule has 212 valence electrons. The lowest BCUT2D eigenvalue weighted by molar-refractivity contribution is -0.154. The van der Waals surface area contributed by atoms with Crippen LogP contribution in [0.2, 0.25) is 18.1 Å². The zero-order valence-electron chi connectivity index (χ0n) is 24.5. The second-order valence-corrected chi connectivity index (χ2v) is 15.8. The number of carbonyl (C=O) groups is 3. The molecule has 1 aromatic carbocycles. The highest BCUT2D eigenvalue weighted by molar-refractivity contribution is 6.73. The van der Waals surface area contributed by atoms with E-state index in [1.54, 1.807) is 39.0 Å². The Bertz CT molecular complexity index is 975. The molecular weight excluding hydrogens is 496 g/mol. The monoisotopic (exact) mass is 544 g/mol. The number of imide groups is 1. The van der Waals surface area contributed by atoms with Gasteiger partial charge in [0.25, 0.3) is 5.91 Å². The van der Waals surface area contributed by atoms with Crippen LogP contribution in [0.15, 0.2) is 24.3 Å². The van der Waals surface area contributed by atoms with Crippen molar-refractivity contribution in [3.8, 4) is 5.75 Å². The molecule has 7 nitrogen and oxygen atoms in total. The molecule has 8 heteroatoms. The maximum absolute atomic E-state index is 13.8. The molecule has 0 saturated carbocycles. The number of benzene rings is 1. The first kappa shape index (κ1) is 30.3. The summed E-state index contributed by atoms with van der Waals surface area (Å²) in [6, 6.07) is 9.96. The van der Waals surface area contributed by atoms with Crippen molar-refractivity contribution in [1.82, 2.24) is 10.2 Å². The number of β-lactam (4-membered cyclic amide) rings is 1. The Morgan fingerprint density at radius 3 is 2.11 bits per heavy atom. The van der Waals surface area contributed by atoms with E-state index < -0.39 is 25.9 Å². The molecule has 1 aromatic rings. The first-order valence-corrected chi connectivity index (χ1v) is 17.2. The first-order chi connectivity index (χ1) is 18.0. The second-order valence-electron chi connectivity index (χ2n) is 11.7. The summed E-state index contributed by atoms with van der Waals surface area (Å²) in [5.41, 5.74) is -0.762. The highest BCUT2D eigenvalue weighted by Crippen LogP contribution is 2.38. The lowest BCUT2D eigenvalue weighted by Crippen LogP contribution is -2.69. The zero-order valence-corrected chi connectivity index (χ0v) is 25.5. The summed E-state index contributed by atoms with van der Waals surface area (Å²) >= 11 is 0. The Morgan fingerprint density at radius 2 is 1.58 bits per heavy atom. The van der Waals surface area contributed by atoms with Crippen molar-refractivity contribution in [2.75, 3.05) is 0 Å². The Labute approximate surface area is 230 Å². The van der Waals surface area contributed by atoms with Crippen molar-refractivity contribution < 1.29 is 23.5 Å². The van der Waals surface area contributed by atoms with Crippen LogP contribution >= 0.6 is 0 Å². The molecule has 0 aromatic heterocycles. The van der Waals surface area contributed by atoms with Gasteiger partial charge in [0.2, 0.25) is 11.8 Å². The van der Waals surface area contributed by atoms with E-state index in [9.17, 15) is 14.4 Å². The molecule has 0 unspecified atom stereocenters. The van der Waals surface area contributed by atoms with E-state index in [1.807, 2.05) is 13.0 Å². The van der Waals surface area contributed by atoms with Gasteiger partial charge in [0.1, 0.15) is 5.75 Å². The third-order valence-electron chi connectivity index (χ3n) is 8.27. The summed E-state index contributed by atoms with van der Waals surface area (Å²) in [5, 5.41) is 2.97. The summed E-state index contributed by atoms with van der Waals surface area (Å²) in [5.74, 6) is -1.32. The van der Waals surface area contributed by atoms with Crippen LogP contribution in [0.25, 0.3) is 0 Å². The van der Waals surface area contributed by atoms with Crippen LogP contribution in [-0.2, 0) is 14.0 Å². The van der Waals surface area contributed by atoms with Crippen LogP contribution in [0.4, 0.5) is 0 Å². The number of amides is 3. The van der Waals surface area contributed by atoms with Crippen molar-refractivity contribution >= 4 is 26.0 Å². The van der Waals surface area contributed by atoms with Gasteiger partial charge in [-0.3, -0.25) is 14.4 Å². The third kappa shape index (κ3) is 6.33. The molecule has 1 fully saturated rings. The topological polar surface area (TPSA) is 84.9 Å². The fourth-order valence-corrected chi connectivity index (χ4v) is 11.0. The fourth-order valence-electron chi connectivity index (χ4n) is 6.01. The van der Waals surface area contributed by atoms with E-state index >= 15 is 0 Å². The van der Waals surface area contributed by atoms with Crippen LogP contribution in [-0.4, -0.2) is 48.8 Å². The van der Waals surface area contributed by atoms with Crippen LogP contribution < -0.4 is 10.1 Å². The van der Waals surface area contributed by atoms with E-state index in [-0.39, 0.29) is 29.9 Å². The number of nitrogens with one attached hydrogen (secondary N) is 1. The van der Waals surface area contributed by atoms with Crippen molar-refractivity contribution in [3.05, 3.63) is 29.8 Å². The van der Waals surface area contributed by atoms with Gasteiger partial charge in [-0.1, -0.05) is 78.4 Å². The Hall–Kier alpha value is -2.19. The van der Waals surface area contributed by atoms with E-state index in [4.69, 9.17) is 9.16 Å². The van der Waals surface area contributed by atoms with Gasteiger partial charge in [0, 0.05) is 0 Å². The largest absolute Gasteiger partial charge is 0.467 e. The summed E-state index contributed by atoms with van der Waals surface area (Å²) in [6.45, 7) is 13.9. The highest BCUT2D eigenvalue weighted by Gasteiger charge is 2.53. The smallest absolute Gasteiger partial charge is 0.267 e. The molecular formula is C30H48N2O5Si. The van der Waals surface area contributed by atoms with Gasteiger partial charge in [-0.2, -0.15) is 0 Å². The number of para-hydroxylation sites is 1. The highest BCUT2D eigenvalue weighted by atomic mass is 28.4. The molecule has 1 N–H and O–H groups in total. The minimum atomic E-state index is -2.04. The molecule has 2 aliphatic rings. The average Bonchev–Trinajstić information content (AvgIpc) is 2.86. The van der Waals surface area contributed by atoms with Gasteiger partial charge >= 0.3 is 0 Å². The molecule has 0 spiro atoms. The van der Waals surface area contributed by atoms with Crippen LogP contribution in [0.1, 0.15) is 97.3 Å². The number of ether oxygens (including phenoxy) is 1. The predicted molar refractivity (Wildman–Crippen MR) is 152 cm³/mol. The predicted octanol–water partition coefficient (Wildman–Crippen LogP) is 6.29. The van der Waals surface area contributed by atoms with Gasteiger partial charge < -0.3 is 14.5 Å². The van der Waals surface area contributed by atoms with Crippen molar-refractivity contribution in [2.24, 2.45) is 11.8 Å². The maximum Gasteiger partial charge on any atom is 0.267 e. The number of hydrogen-bond acceptors (Lipinski definition) is 5. The molecule has 4 atom stereocenters. The second kappa shape index (κ2) is 12.8. The third-order valence-corrected chi connectivity index (χ3v) is 12.9. The number of unbranched alkanes of at least 4 members (excludes halogenated alkanes) is 3. The molecule has 0 bridgehead atoms. The minimum Gasteiger partial charge on any atom is -0.467 e. The van der Waals surface area contributed by atoms with Gasteiger partial charge in [0.05, 0.1) is 29.5 Å². The number of nitrogens with zero attached hydrogens (tertiary/aromatic N) is 1. The van der Waals surface area contributed by atoms with Crippen molar-refractivity contribution in [3.63, 3.8) is 0 Å². The first-order valence-electron chi connectivity index (χ1n) is 14.7. The lowest BCUT2D eigenvalue weighted by Gasteiger charge is -2.48. The summed E-state index contributed by atoms with van der Waals surface area (Å²) in [6.07, 6.45) is 6.57. The Balaban J connectivity index is 1.80. The zero-order chi connectivity index (χ0) is 28.1. The van der Waals surface area contributed by atoms with Gasteiger partial charge in [0.15, 0.2) is 14.0 Å². The van der Waals surface area contributed by atoms with E-state index in [0.717, 1.165) is 56.7 Å². The SMILES string of the molecule is CCCC[Si](CCCC)(CCCC)O[C@H](C)[C@H]1C(=O)N[C@H]1[C@@H](C)C(=O)N1C(=O)c2ccccc2OC1(C)C. The molecule has 1 saturated heterocycles. The molecule has 2 heterocycles. The maximum atomic E-state index is 13.8.